The molecule has 4 nitrogen and oxygen atoms in total. The third-order valence-corrected chi connectivity index (χ3v) is 5.68. The van der Waals surface area contributed by atoms with Crippen molar-refractivity contribution in [1.82, 2.24) is 14.8 Å². The Morgan fingerprint density at radius 3 is 2.68 bits per heavy atom. The molecule has 1 fully saturated rings. The molecule has 132 valence electrons. The van der Waals surface area contributed by atoms with Crippen molar-refractivity contribution >= 4 is 5.91 Å². The van der Waals surface area contributed by atoms with E-state index in [4.69, 9.17) is 0 Å². The third-order valence-electron chi connectivity index (χ3n) is 5.68. The topological polar surface area (TPSA) is 37.3 Å². The van der Waals surface area contributed by atoms with Crippen LogP contribution in [0.15, 0.2) is 48.7 Å². The maximum absolute atomic E-state index is 12.4. The van der Waals surface area contributed by atoms with E-state index >= 15 is 0 Å². The molecular formula is C21H27N3O. The van der Waals surface area contributed by atoms with Gasteiger partial charge >= 0.3 is 0 Å². The van der Waals surface area contributed by atoms with Gasteiger partial charge in [-0.2, -0.15) is 0 Å². The minimum Gasteiger partial charge on any atom is -0.354 e. The molecule has 0 radical (unpaired) electrons. The fourth-order valence-corrected chi connectivity index (χ4v) is 4.20. The van der Waals surface area contributed by atoms with Gasteiger partial charge < -0.3 is 9.88 Å². The fourth-order valence-electron chi connectivity index (χ4n) is 4.20. The Kier molecular flexibility index (Phi) is 4.88. The maximum Gasteiger partial charge on any atom is 0.223 e. The summed E-state index contributed by atoms with van der Waals surface area (Å²) in [4.78, 5) is 14.9. The van der Waals surface area contributed by atoms with E-state index in [-0.39, 0.29) is 11.8 Å². The highest BCUT2D eigenvalue weighted by Crippen LogP contribution is 2.25. The summed E-state index contributed by atoms with van der Waals surface area (Å²) < 4.78 is 2.33. The van der Waals surface area contributed by atoms with E-state index in [1.54, 1.807) is 0 Å². The van der Waals surface area contributed by atoms with Crippen molar-refractivity contribution in [2.75, 3.05) is 6.54 Å². The smallest absolute Gasteiger partial charge is 0.223 e. The van der Waals surface area contributed by atoms with Crippen molar-refractivity contribution < 1.29 is 4.79 Å². The summed E-state index contributed by atoms with van der Waals surface area (Å²) in [6.07, 6.45) is 6.68. The standard InChI is InChI=1S/C21H27N3O/c25-21(18-9-4-5-10-18)22-13-20-16-23-12-6-11-19(23)15-24(20)14-17-7-2-1-3-8-17/h1-3,6-8,11-12,18,20H,4-5,9-10,13-16H2,(H,22,25). The predicted molar refractivity (Wildman–Crippen MR) is 98.9 cm³/mol. The van der Waals surface area contributed by atoms with Crippen molar-refractivity contribution in [3.05, 3.63) is 59.9 Å². The van der Waals surface area contributed by atoms with Crippen molar-refractivity contribution in [1.29, 1.82) is 0 Å². The second-order valence-electron chi connectivity index (χ2n) is 7.42. The molecule has 2 heterocycles. The van der Waals surface area contributed by atoms with Gasteiger partial charge in [-0.1, -0.05) is 43.2 Å². The first-order valence-electron chi connectivity index (χ1n) is 9.49. The van der Waals surface area contributed by atoms with Gasteiger partial charge in [0, 0.05) is 50.0 Å². The van der Waals surface area contributed by atoms with Gasteiger partial charge in [0.15, 0.2) is 0 Å². The molecule has 25 heavy (non-hydrogen) atoms. The zero-order chi connectivity index (χ0) is 17.1. The average Bonchev–Trinajstić information content (AvgIpc) is 3.32. The lowest BCUT2D eigenvalue weighted by molar-refractivity contribution is -0.125. The molecule has 0 bridgehead atoms. The molecule has 0 spiro atoms. The van der Waals surface area contributed by atoms with E-state index in [1.165, 1.54) is 24.1 Å². The first kappa shape index (κ1) is 16.4. The highest BCUT2D eigenvalue weighted by Gasteiger charge is 2.28. The number of amides is 1. The second-order valence-corrected chi connectivity index (χ2v) is 7.42. The third kappa shape index (κ3) is 3.79. The number of nitrogens with one attached hydrogen (secondary N) is 1. The Balaban J connectivity index is 1.43. The van der Waals surface area contributed by atoms with Crippen LogP contribution in [-0.2, 0) is 24.4 Å². The Labute approximate surface area is 149 Å². The van der Waals surface area contributed by atoms with Gasteiger partial charge in [-0.3, -0.25) is 9.69 Å². The molecule has 2 aliphatic rings. The quantitative estimate of drug-likeness (QED) is 0.910. The van der Waals surface area contributed by atoms with Crippen molar-refractivity contribution in [3.8, 4) is 0 Å². The van der Waals surface area contributed by atoms with Crippen molar-refractivity contribution in [2.24, 2.45) is 5.92 Å². The van der Waals surface area contributed by atoms with Gasteiger partial charge in [0.2, 0.25) is 5.91 Å². The van der Waals surface area contributed by atoms with Gasteiger partial charge in [-0.25, -0.2) is 0 Å². The Bertz CT molecular complexity index is 703. The molecule has 4 rings (SSSR count). The normalized spacial score (nSPS) is 21.2. The van der Waals surface area contributed by atoms with Crippen LogP contribution in [0.5, 0.6) is 0 Å². The molecule has 1 N–H and O–H groups in total. The van der Waals surface area contributed by atoms with Crippen LogP contribution in [0.4, 0.5) is 0 Å². The number of carbonyl (C=O) groups is 1. The summed E-state index contributed by atoms with van der Waals surface area (Å²) >= 11 is 0. The lowest BCUT2D eigenvalue weighted by atomic mass is 10.1. The summed E-state index contributed by atoms with van der Waals surface area (Å²) in [6.45, 7) is 3.54. The minimum atomic E-state index is 0.244. The highest BCUT2D eigenvalue weighted by atomic mass is 16.1. The lowest BCUT2D eigenvalue weighted by Crippen LogP contribution is -2.49. The number of benzene rings is 1. The number of fused-ring (bicyclic) bond motifs is 1. The first-order valence-corrected chi connectivity index (χ1v) is 9.49. The zero-order valence-corrected chi connectivity index (χ0v) is 14.7. The average molecular weight is 337 g/mol. The molecule has 4 heteroatoms. The number of carbonyl (C=O) groups excluding carboxylic acids is 1. The van der Waals surface area contributed by atoms with Crippen LogP contribution < -0.4 is 5.32 Å². The monoisotopic (exact) mass is 337 g/mol. The van der Waals surface area contributed by atoms with Crippen molar-refractivity contribution in [2.45, 2.75) is 51.4 Å². The van der Waals surface area contributed by atoms with E-state index in [9.17, 15) is 4.79 Å². The van der Waals surface area contributed by atoms with Crippen LogP contribution >= 0.6 is 0 Å². The van der Waals surface area contributed by atoms with E-state index in [0.29, 0.717) is 6.04 Å². The molecule has 1 aromatic heterocycles. The number of rotatable bonds is 5. The molecule has 1 unspecified atom stereocenters. The summed E-state index contributed by atoms with van der Waals surface area (Å²) in [5.74, 6) is 0.503. The van der Waals surface area contributed by atoms with Crippen LogP contribution in [0.1, 0.15) is 36.9 Å². The molecule has 1 saturated carbocycles. The Morgan fingerprint density at radius 1 is 1.08 bits per heavy atom. The van der Waals surface area contributed by atoms with Gasteiger partial charge in [0.25, 0.3) is 0 Å². The van der Waals surface area contributed by atoms with Crippen LogP contribution in [0.3, 0.4) is 0 Å². The largest absolute Gasteiger partial charge is 0.354 e. The molecule has 1 amide bonds. The Hall–Kier alpha value is -2.07. The van der Waals surface area contributed by atoms with E-state index in [2.05, 4.69) is 63.4 Å². The summed E-state index contributed by atoms with van der Waals surface area (Å²) in [5.41, 5.74) is 2.68. The SMILES string of the molecule is O=C(NCC1Cn2cccc2CN1Cc1ccccc1)C1CCCC1. The Morgan fingerprint density at radius 2 is 1.88 bits per heavy atom. The molecule has 1 aliphatic carbocycles. The van der Waals surface area contributed by atoms with Gasteiger partial charge in [0.05, 0.1) is 0 Å². The van der Waals surface area contributed by atoms with Gasteiger partial charge in [-0.05, 0) is 30.5 Å². The summed E-state index contributed by atoms with van der Waals surface area (Å²) in [7, 11) is 0. The van der Waals surface area contributed by atoms with Crippen LogP contribution in [0, 0.1) is 5.92 Å². The van der Waals surface area contributed by atoms with Gasteiger partial charge in [0.1, 0.15) is 0 Å². The fraction of sp³-hybridized carbons (Fsp3) is 0.476. The summed E-state index contributed by atoms with van der Waals surface area (Å²) in [5, 5.41) is 3.24. The molecule has 1 aliphatic heterocycles. The summed E-state index contributed by atoms with van der Waals surface area (Å²) in [6, 6.07) is 15.3. The second kappa shape index (κ2) is 7.44. The number of nitrogens with zero attached hydrogens (tertiary/aromatic N) is 2. The van der Waals surface area contributed by atoms with Crippen LogP contribution in [0.2, 0.25) is 0 Å². The predicted octanol–water partition coefficient (Wildman–Crippen LogP) is 3.18. The van der Waals surface area contributed by atoms with Crippen LogP contribution in [-0.4, -0.2) is 28.0 Å². The maximum atomic E-state index is 12.4. The highest BCUT2D eigenvalue weighted by molar-refractivity contribution is 5.78. The zero-order valence-electron chi connectivity index (χ0n) is 14.7. The number of hydrogen-bond donors (Lipinski definition) is 1. The lowest BCUT2D eigenvalue weighted by Gasteiger charge is -2.37. The molecule has 0 saturated heterocycles. The van der Waals surface area contributed by atoms with Crippen molar-refractivity contribution in [3.63, 3.8) is 0 Å². The molecule has 1 atom stereocenters. The van der Waals surface area contributed by atoms with E-state index in [1.807, 2.05) is 0 Å². The van der Waals surface area contributed by atoms with E-state index in [0.717, 1.165) is 39.0 Å². The molecule has 2 aromatic rings. The number of hydrogen-bond acceptors (Lipinski definition) is 2. The molecule has 1 aromatic carbocycles. The first-order chi connectivity index (χ1) is 12.3. The minimum absolute atomic E-state index is 0.244. The van der Waals surface area contributed by atoms with E-state index < -0.39 is 0 Å². The molecular weight excluding hydrogens is 310 g/mol. The van der Waals surface area contributed by atoms with Gasteiger partial charge in [-0.15, -0.1) is 0 Å². The number of aromatic nitrogens is 1. The van der Waals surface area contributed by atoms with Crippen LogP contribution in [0.25, 0.3) is 0 Å².